The number of ketones is 1. The molecule has 1 aliphatic carbocycles. The number of rotatable bonds is 3. The van der Waals surface area contributed by atoms with Gasteiger partial charge >= 0.3 is 5.97 Å². The minimum atomic E-state index is -0.642. The smallest absolute Gasteiger partial charge is 0.315 e. The van der Waals surface area contributed by atoms with Crippen LogP contribution in [0.3, 0.4) is 0 Å². The van der Waals surface area contributed by atoms with Gasteiger partial charge in [0.2, 0.25) is 0 Å². The Bertz CT molecular complexity index is 291. The Labute approximate surface area is 83.4 Å². The summed E-state index contributed by atoms with van der Waals surface area (Å²) in [5, 5.41) is 0. The van der Waals surface area contributed by atoms with Gasteiger partial charge in [-0.2, -0.15) is 0 Å². The summed E-state index contributed by atoms with van der Waals surface area (Å²) >= 11 is 0. The van der Waals surface area contributed by atoms with E-state index in [0.29, 0.717) is 12.8 Å². The summed E-state index contributed by atoms with van der Waals surface area (Å²) in [6, 6.07) is 0. The van der Waals surface area contributed by atoms with Crippen molar-refractivity contribution >= 4 is 11.8 Å². The van der Waals surface area contributed by atoms with Crippen LogP contribution in [0.15, 0.2) is 24.8 Å². The van der Waals surface area contributed by atoms with Crippen molar-refractivity contribution in [1.82, 2.24) is 0 Å². The van der Waals surface area contributed by atoms with Gasteiger partial charge in [0.25, 0.3) is 0 Å². The predicted octanol–water partition coefficient (Wildman–Crippen LogP) is 1.64. The average Bonchev–Trinajstić information content (AvgIpc) is 2.19. The molecule has 76 valence electrons. The molecule has 0 saturated heterocycles. The molecule has 3 nitrogen and oxygen atoms in total. The average molecular weight is 194 g/mol. The number of ether oxygens (including phenoxy) is 1. The van der Waals surface area contributed by atoms with Crippen LogP contribution in [0.5, 0.6) is 0 Å². The van der Waals surface area contributed by atoms with Crippen LogP contribution in [-0.4, -0.2) is 18.4 Å². The van der Waals surface area contributed by atoms with Crippen LogP contribution >= 0.6 is 0 Å². The third-order valence-corrected chi connectivity index (χ3v) is 2.33. The molecule has 14 heavy (non-hydrogen) atoms. The summed E-state index contributed by atoms with van der Waals surface area (Å²) in [6.45, 7) is 5.46. The monoisotopic (exact) mass is 194 g/mol. The van der Waals surface area contributed by atoms with Crippen molar-refractivity contribution in [1.29, 1.82) is 0 Å². The van der Waals surface area contributed by atoms with Crippen molar-refractivity contribution in [2.45, 2.75) is 19.8 Å². The van der Waals surface area contributed by atoms with Gasteiger partial charge in [-0.25, -0.2) is 0 Å². The third-order valence-electron chi connectivity index (χ3n) is 2.33. The molecule has 0 heterocycles. The van der Waals surface area contributed by atoms with Gasteiger partial charge < -0.3 is 4.74 Å². The van der Waals surface area contributed by atoms with E-state index < -0.39 is 5.41 Å². The number of hydrogen-bond acceptors (Lipinski definition) is 3. The Balaban J connectivity index is 2.65. The van der Waals surface area contributed by atoms with E-state index in [1.165, 1.54) is 12.2 Å². The van der Waals surface area contributed by atoms with Gasteiger partial charge in [0.05, 0.1) is 5.41 Å². The largest absolute Gasteiger partial charge is 0.461 e. The minimum Gasteiger partial charge on any atom is -0.461 e. The number of carbonyl (C=O) groups is 2. The fraction of sp³-hybridized carbons (Fsp3) is 0.455. The van der Waals surface area contributed by atoms with Gasteiger partial charge in [0.1, 0.15) is 6.61 Å². The highest BCUT2D eigenvalue weighted by Gasteiger charge is 2.34. The number of hydrogen-bond donors (Lipinski definition) is 0. The fourth-order valence-corrected chi connectivity index (χ4v) is 1.30. The molecule has 1 atom stereocenters. The summed E-state index contributed by atoms with van der Waals surface area (Å²) in [4.78, 5) is 22.5. The topological polar surface area (TPSA) is 43.4 Å². The van der Waals surface area contributed by atoms with E-state index in [1.807, 2.05) is 0 Å². The second-order valence-corrected chi connectivity index (χ2v) is 3.60. The molecule has 0 spiro atoms. The van der Waals surface area contributed by atoms with E-state index in [2.05, 4.69) is 6.58 Å². The molecule has 0 aromatic rings. The van der Waals surface area contributed by atoms with Crippen LogP contribution in [0.2, 0.25) is 0 Å². The van der Waals surface area contributed by atoms with Crippen molar-refractivity contribution in [3.63, 3.8) is 0 Å². The van der Waals surface area contributed by atoms with Gasteiger partial charge in [-0.3, -0.25) is 9.59 Å². The van der Waals surface area contributed by atoms with Crippen LogP contribution in [-0.2, 0) is 14.3 Å². The van der Waals surface area contributed by atoms with E-state index in [0.717, 1.165) is 0 Å². The summed E-state index contributed by atoms with van der Waals surface area (Å²) < 4.78 is 4.95. The molecule has 0 aromatic carbocycles. The predicted molar refractivity (Wildman–Crippen MR) is 52.6 cm³/mol. The van der Waals surface area contributed by atoms with E-state index in [-0.39, 0.29) is 18.4 Å². The number of esters is 1. The van der Waals surface area contributed by atoms with Gasteiger partial charge in [0.15, 0.2) is 5.78 Å². The van der Waals surface area contributed by atoms with Crippen LogP contribution in [0.25, 0.3) is 0 Å². The first kappa shape index (κ1) is 10.7. The lowest BCUT2D eigenvalue weighted by Crippen LogP contribution is -2.31. The Morgan fingerprint density at radius 3 is 3.00 bits per heavy atom. The SMILES string of the molecule is C=CCOC(=O)C1(C)C=CC(=O)CC1. The molecule has 0 aromatic heterocycles. The van der Waals surface area contributed by atoms with Crippen LogP contribution in [0.4, 0.5) is 0 Å². The first-order valence-electron chi connectivity index (χ1n) is 4.59. The van der Waals surface area contributed by atoms with E-state index in [1.54, 1.807) is 13.0 Å². The van der Waals surface area contributed by atoms with Crippen molar-refractivity contribution in [3.05, 3.63) is 24.8 Å². The molecule has 0 saturated carbocycles. The van der Waals surface area contributed by atoms with Crippen molar-refractivity contribution in [3.8, 4) is 0 Å². The maximum Gasteiger partial charge on any atom is 0.315 e. The van der Waals surface area contributed by atoms with Crippen molar-refractivity contribution in [2.24, 2.45) is 5.41 Å². The van der Waals surface area contributed by atoms with Crippen LogP contribution in [0.1, 0.15) is 19.8 Å². The highest BCUT2D eigenvalue weighted by atomic mass is 16.5. The Kier molecular flexibility index (Phi) is 3.23. The molecule has 0 fully saturated rings. The first-order valence-corrected chi connectivity index (χ1v) is 4.59. The van der Waals surface area contributed by atoms with Gasteiger partial charge in [0, 0.05) is 6.42 Å². The molecule has 0 aliphatic heterocycles. The summed E-state index contributed by atoms with van der Waals surface area (Å²) in [5.74, 6) is -0.222. The molecule has 1 unspecified atom stereocenters. The standard InChI is InChI=1S/C11H14O3/c1-3-8-14-10(13)11(2)6-4-9(12)5-7-11/h3-4,6H,1,5,7-8H2,2H3. The zero-order valence-electron chi connectivity index (χ0n) is 8.29. The highest BCUT2D eigenvalue weighted by molar-refractivity contribution is 5.93. The van der Waals surface area contributed by atoms with E-state index in [9.17, 15) is 9.59 Å². The summed E-state index contributed by atoms with van der Waals surface area (Å²) in [6.07, 6.45) is 5.55. The lowest BCUT2D eigenvalue weighted by atomic mass is 9.80. The normalized spacial score (nSPS) is 25.9. The molecular formula is C11H14O3. The zero-order chi connectivity index (χ0) is 10.6. The van der Waals surface area contributed by atoms with Crippen LogP contribution in [0, 0.1) is 5.41 Å². The molecule has 0 N–H and O–H groups in total. The van der Waals surface area contributed by atoms with Crippen molar-refractivity contribution in [2.75, 3.05) is 6.61 Å². The van der Waals surface area contributed by atoms with Gasteiger partial charge in [-0.1, -0.05) is 18.7 Å². The van der Waals surface area contributed by atoms with E-state index in [4.69, 9.17) is 4.74 Å². The minimum absolute atomic E-state index is 0.0685. The Hall–Kier alpha value is -1.38. The van der Waals surface area contributed by atoms with Crippen molar-refractivity contribution < 1.29 is 14.3 Å². The maximum atomic E-state index is 11.6. The molecular weight excluding hydrogens is 180 g/mol. The second kappa shape index (κ2) is 4.22. The van der Waals surface area contributed by atoms with Gasteiger partial charge in [-0.15, -0.1) is 0 Å². The lowest BCUT2D eigenvalue weighted by Gasteiger charge is -2.25. The number of allylic oxidation sites excluding steroid dienone is 1. The van der Waals surface area contributed by atoms with Crippen LogP contribution < -0.4 is 0 Å². The maximum absolute atomic E-state index is 11.6. The first-order chi connectivity index (χ1) is 6.58. The van der Waals surface area contributed by atoms with Gasteiger partial charge in [-0.05, 0) is 19.4 Å². The Morgan fingerprint density at radius 1 is 1.79 bits per heavy atom. The fourth-order valence-electron chi connectivity index (χ4n) is 1.30. The lowest BCUT2D eigenvalue weighted by molar-refractivity contribution is -0.151. The second-order valence-electron chi connectivity index (χ2n) is 3.60. The number of carbonyl (C=O) groups excluding carboxylic acids is 2. The summed E-state index contributed by atoms with van der Waals surface area (Å²) in [5.41, 5.74) is -0.642. The quantitative estimate of drug-likeness (QED) is 0.506. The molecule has 1 aliphatic rings. The molecule has 0 amide bonds. The Morgan fingerprint density at radius 2 is 2.50 bits per heavy atom. The summed E-state index contributed by atoms with van der Waals surface area (Å²) in [7, 11) is 0. The van der Waals surface area contributed by atoms with E-state index >= 15 is 0 Å². The molecule has 3 heteroatoms. The molecule has 0 radical (unpaired) electrons. The zero-order valence-corrected chi connectivity index (χ0v) is 8.29. The molecule has 1 rings (SSSR count). The third kappa shape index (κ3) is 2.31. The highest BCUT2D eigenvalue weighted by Crippen LogP contribution is 2.30. The molecule has 0 bridgehead atoms.